The Balaban J connectivity index is 1.26. The van der Waals surface area contributed by atoms with E-state index in [4.69, 9.17) is 4.42 Å². The third kappa shape index (κ3) is 2.32. The van der Waals surface area contributed by atoms with Crippen molar-refractivity contribution in [3.63, 3.8) is 0 Å². The van der Waals surface area contributed by atoms with Crippen LogP contribution in [-0.4, -0.2) is 34.1 Å². The van der Waals surface area contributed by atoms with Crippen molar-refractivity contribution in [1.29, 1.82) is 0 Å². The van der Waals surface area contributed by atoms with E-state index in [-0.39, 0.29) is 41.0 Å². The molecule has 2 bridgehead atoms. The summed E-state index contributed by atoms with van der Waals surface area (Å²) < 4.78 is 5.71. The number of hydrazone groups is 1. The summed E-state index contributed by atoms with van der Waals surface area (Å²) in [6, 6.07) is 9.83. The second-order valence-corrected chi connectivity index (χ2v) is 8.44. The number of furan rings is 1. The Morgan fingerprint density at radius 2 is 1.70 bits per heavy atom. The first-order valence-corrected chi connectivity index (χ1v) is 10.1. The summed E-state index contributed by atoms with van der Waals surface area (Å²) in [6.45, 7) is 0. The van der Waals surface area contributed by atoms with Crippen LogP contribution in [0.2, 0.25) is 0 Å². The van der Waals surface area contributed by atoms with Crippen molar-refractivity contribution in [3.05, 3.63) is 59.9 Å². The fourth-order valence-electron chi connectivity index (χ4n) is 5.62. The minimum Gasteiger partial charge on any atom is -0.478 e. The average molecular weight is 402 g/mol. The van der Waals surface area contributed by atoms with Gasteiger partial charge in [-0.3, -0.25) is 9.59 Å². The number of imide groups is 1. The van der Waals surface area contributed by atoms with Gasteiger partial charge in [0.05, 0.1) is 23.6 Å². The molecule has 5 aliphatic rings. The standard InChI is InChI=1S/C23H18N2O5/c26-21-19-13-6-7-14(17-9-16(13)17)20(19)22(27)25(21)24-10-11-5-8-18(30-11)12-3-1-2-4-15(12)23(28)29/h1-8,10,13-14,16-17,19-20H,9H2,(H,28,29)/t13-,14-,16-,17-,19+,20+/m0/s1. The van der Waals surface area contributed by atoms with Crippen LogP contribution >= 0.6 is 0 Å². The van der Waals surface area contributed by atoms with Gasteiger partial charge in [-0.25, -0.2) is 4.79 Å². The Labute approximate surface area is 171 Å². The van der Waals surface area contributed by atoms with Gasteiger partial charge in [0.2, 0.25) is 0 Å². The van der Waals surface area contributed by atoms with Gasteiger partial charge in [0.15, 0.2) is 0 Å². The molecule has 2 aromatic rings. The molecule has 0 radical (unpaired) electrons. The van der Waals surface area contributed by atoms with Crippen molar-refractivity contribution in [1.82, 2.24) is 5.01 Å². The maximum Gasteiger partial charge on any atom is 0.336 e. The van der Waals surface area contributed by atoms with E-state index >= 15 is 0 Å². The molecule has 3 fully saturated rings. The molecule has 2 heterocycles. The summed E-state index contributed by atoms with van der Waals surface area (Å²) >= 11 is 0. The molecule has 6 atom stereocenters. The third-order valence-electron chi connectivity index (χ3n) is 6.99. The van der Waals surface area contributed by atoms with Crippen LogP contribution in [0.25, 0.3) is 11.3 Å². The lowest BCUT2D eigenvalue weighted by Gasteiger charge is -2.37. The van der Waals surface area contributed by atoms with Crippen molar-refractivity contribution in [2.75, 3.05) is 0 Å². The number of rotatable bonds is 4. The number of carbonyl (C=O) groups is 3. The number of carbonyl (C=O) groups excluding carboxylic acids is 2. The molecular formula is C23H18N2O5. The number of nitrogens with zero attached hydrogens (tertiary/aromatic N) is 2. The Bertz CT molecular complexity index is 1130. The number of carboxylic acid groups (broad SMARTS) is 1. The van der Waals surface area contributed by atoms with E-state index in [1.807, 2.05) is 0 Å². The first-order chi connectivity index (χ1) is 14.5. The zero-order chi connectivity index (χ0) is 20.6. The molecule has 7 heteroatoms. The van der Waals surface area contributed by atoms with Gasteiger partial charge in [0.1, 0.15) is 11.5 Å². The van der Waals surface area contributed by atoms with Crippen LogP contribution in [0, 0.1) is 35.5 Å². The molecule has 0 unspecified atom stereocenters. The summed E-state index contributed by atoms with van der Waals surface area (Å²) in [5, 5.41) is 14.5. The second-order valence-electron chi connectivity index (χ2n) is 8.44. The maximum atomic E-state index is 12.9. The van der Waals surface area contributed by atoms with Crippen LogP contribution in [0.3, 0.4) is 0 Å². The highest BCUT2D eigenvalue weighted by Crippen LogP contribution is 2.65. The predicted octanol–water partition coefficient (Wildman–Crippen LogP) is 3.03. The molecule has 7 rings (SSSR count). The molecule has 2 saturated carbocycles. The Kier molecular flexibility index (Phi) is 3.48. The van der Waals surface area contributed by atoms with Gasteiger partial charge in [-0.05, 0) is 48.3 Å². The fourth-order valence-corrected chi connectivity index (χ4v) is 5.62. The summed E-state index contributed by atoms with van der Waals surface area (Å²) in [5.74, 6) is 0.0407. The zero-order valence-electron chi connectivity index (χ0n) is 15.8. The lowest BCUT2D eigenvalue weighted by Crippen LogP contribution is -2.40. The van der Waals surface area contributed by atoms with Gasteiger partial charge in [0, 0.05) is 5.56 Å². The van der Waals surface area contributed by atoms with E-state index in [9.17, 15) is 19.5 Å². The largest absolute Gasteiger partial charge is 0.478 e. The van der Waals surface area contributed by atoms with Crippen LogP contribution < -0.4 is 0 Å². The first-order valence-electron chi connectivity index (χ1n) is 10.1. The lowest BCUT2D eigenvalue weighted by molar-refractivity contribution is -0.140. The number of aromatic carboxylic acids is 1. The van der Waals surface area contributed by atoms with Crippen LogP contribution in [0.5, 0.6) is 0 Å². The lowest BCUT2D eigenvalue weighted by atomic mass is 9.63. The average Bonchev–Trinajstić information content (AvgIpc) is 3.39. The van der Waals surface area contributed by atoms with Gasteiger partial charge >= 0.3 is 5.97 Å². The fraction of sp³-hybridized carbons (Fsp3) is 0.304. The minimum atomic E-state index is -1.05. The molecule has 0 spiro atoms. The van der Waals surface area contributed by atoms with E-state index in [0.29, 0.717) is 28.9 Å². The number of hydrogen-bond acceptors (Lipinski definition) is 5. The van der Waals surface area contributed by atoms with Gasteiger partial charge in [0.25, 0.3) is 11.8 Å². The highest BCUT2D eigenvalue weighted by Gasteiger charge is 2.67. The van der Waals surface area contributed by atoms with E-state index in [1.54, 1.807) is 30.3 Å². The number of hydrogen-bond donors (Lipinski definition) is 1. The molecular weight excluding hydrogens is 384 g/mol. The quantitative estimate of drug-likeness (QED) is 0.481. The Hall–Kier alpha value is -3.48. The highest BCUT2D eigenvalue weighted by molar-refractivity contribution is 6.06. The summed E-state index contributed by atoms with van der Waals surface area (Å²) in [6.07, 6.45) is 6.70. The van der Waals surface area contributed by atoms with Crippen molar-refractivity contribution in [3.8, 4) is 11.3 Å². The molecule has 150 valence electrons. The van der Waals surface area contributed by atoms with Crippen molar-refractivity contribution < 1.29 is 23.9 Å². The van der Waals surface area contributed by atoms with Gasteiger partial charge in [-0.1, -0.05) is 30.4 Å². The van der Waals surface area contributed by atoms with Crippen LogP contribution in [0.1, 0.15) is 22.5 Å². The number of amides is 2. The maximum absolute atomic E-state index is 12.9. The van der Waals surface area contributed by atoms with Crippen molar-refractivity contribution in [2.24, 2.45) is 40.6 Å². The molecule has 1 aliphatic heterocycles. The van der Waals surface area contributed by atoms with E-state index in [0.717, 1.165) is 11.4 Å². The zero-order valence-corrected chi connectivity index (χ0v) is 15.8. The minimum absolute atomic E-state index is 0.130. The van der Waals surface area contributed by atoms with Crippen molar-refractivity contribution >= 4 is 24.0 Å². The van der Waals surface area contributed by atoms with E-state index in [1.165, 1.54) is 12.3 Å². The summed E-state index contributed by atoms with van der Waals surface area (Å²) in [4.78, 5) is 37.3. The van der Waals surface area contributed by atoms with Crippen LogP contribution in [-0.2, 0) is 9.59 Å². The highest BCUT2D eigenvalue weighted by atomic mass is 16.4. The van der Waals surface area contributed by atoms with Crippen LogP contribution in [0.4, 0.5) is 0 Å². The molecule has 1 aromatic carbocycles. The molecule has 4 aliphatic carbocycles. The van der Waals surface area contributed by atoms with E-state index < -0.39 is 5.97 Å². The predicted molar refractivity (Wildman–Crippen MR) is 105 cm³/mol. The SMILES string of the molecule is O=C(O)c1ccccc1-c1ccc(C=NN2C(=O)[C@@H]3[C@H]4C=C[C@@H]([C@@H]5C[C@@H]45)[C@H]3C2=O)o1. The summed E-state index contributed by atoms with van der Waals surface area (Å²) in [7, 11) is 0. The molecule has 7 nitrogen and oxygen atoms in total. The Morgan fingerprint density at radius 1 is 1.03 bits per heavy atom. The number of allylic oxidation sites excluding steroid dienone is 2. The summed E-state index contributed by atoms with van der Waals surface area (Å²) in [5.41, 5.74) is 0.580. The second kappa shape index (κ2) is 6.01. The smallest absolute Gasteiger partial charge is 0.336 e. The monoisotopic (exact) mass is 402 g/mol. The van der Waals surface area contributed by atoms with Gasteiger partial charge in [-0.2, -0.15) is 10.1 Å². The molecule has 1 saturated heterocycles. The normalized spacial score (nSPS) is 33.3. The number of carboxylic acids is 1. The molecule has 1 aromatic heterocycles. The first kappa shape index (κ1) is 17.4. The third-order valence-corrected chi connectivity index (χ3v) is 6.99. The number of benzene rings is 1. The van der Waals surface area contributed by atoms with E-state index in [2.05, 4.69) is 17.3 Å². The van der Waals surface area contributed by atoms with Crippen molar-refractivity contribution in [2.45, 2.75) is 6.42 Å². The molecule has 1 N–H and O–H groups in total. The molecule has 2 amide bonds. The topological polar surface area (TPSA) is 100 Å². The van der Waals surface area contributed by atoms with Crippen LogP contribution in [0.15, 0.2) is 58.1 Å². The van der Waals surface area contributed by atoms with Gasteiger partial charge < -0.3 is 9.52 Å². The Morgan fingerprint density at radius 3 is 2.37 bits per heavy atom. The van der Waals surface area contributed by atoms with Gasteiger partial charge in [-0.15, -0.1) is 0 Å². The molecule has 30 heavy (non-hydrogen) atoms.